The van der Waals surface area contributed by atoms with Gasteiger partial charge in [0.1, 0.15) is 0 Å². The van der Waals surface area contributed by atoms with E-state index >= 15 is 0 Å². The molecule has 0 bridgehead atoms. The Kier molecular flexibility index (Phi) is 3.96. The second kappa shape index (κ2) is 5.48. The second-order valence-electron chi connectivity index (χ2n) is 2.58. The molecule has 0 amide bonds. The number of H-pyrrole nitrogens is 2. The minimum absolute atomic E-state index is 0.307. The van der Waals surface area contributed by atoms with Crippen LogP contribution in [0.4, 0.5) is 0 Å². The minimum atomic E-state index is -0.568. The van der Waals surface area contributed by atoms with E-state index in [2.05, 4.69) is 15.2 Å². The predicted octanol–water partition coefficient (Wildman–Crippen LogP) is 0.0440. The summed E-state index contributed by atoms with van der Waals surface area (Å²) in [6.07, 6.45) is 6.28. The Labute approximate surface area is 85.1 Å². The van der Waals surface area contributed by atoms with Gasteiger partial charge in [0.2, 0.25) is 0 Å². The summed E-state index contributed by atoms with van der Waals surface area (Å²) in [5.74, 6) is 0. The van der Waals surface area contributed by atoms with E-state index in [1.54, 1.807) is 12.2 Å². The zero-order valence-corrected chi connectivity index (χ0v) is 8.10. The van der Waals surface area contributed by atoms with Gasteiger partial charge in [0.25, 0.3) is 5.56 Å². The highest BCUT2D eigenvalue weighted by Gasteiger charge is 1.91. The Bertz CT molecular complexity index is 479. The van der Waals surface area contributed by atoms with Crippen LogP contribution < -0.4 is 11.2 Å². The fraction of sp³-hybridized carbons (Fsp3) is 0.111. The highest BCUT2D eigenvalue weighted by Crippen LogP contribution is 1.79. The summed E-state index contributed by atoms with van der Waals surface area (Å²) < 4.78 is 0. The molecule has 0 aliphatic carbocycles. The monoisotopic (exact) mass is 206 g/mol. The van der Waals surface area contributed by atoms with Gasteiger partial charge in [0.05, 0.1) is 11.9 Å². The van der Waals surface area contributed by atoms with E-state index in [0.29, 0.717) is 5.69 Å². The molecule has 0 saturated heterocycles. The molecule has 2 N–H and O–H groups in total. The zero-order chi connectivity index (χ0) is 11.1. The fourth-order valence-corrected chi connectivity index (χ4v) is 0.816. The third kappa shape index (κ3) is 3.99. The molecule has 1 rings (SSSR count). The maximum atomic E-state index is 10.9. The largest absolute Gasteiger partial charge is 0.326 e. The van der Waals surface area contributed by atoms with Crippen LogP contribution in [0.1, 0.15) is 12.6 Å². The average Bonchev–Trinajstić information content (AvgIpc) is 2.16. The van der Waals surface area contributed by atoms with Gasteiger partial charge in [0.15, 0.2) is 0 Å². The van der Waals surface area contributed by atoms with Crippen LogP contribution in [0.2, 0.25) is 0 Å². The summed E-state index contributed by atoms with van der Waals surface area (Å²) in [4.78, 5) is 26.1. The summed E-state index contributed by atoms with van der Waals surface area (Å²) >= 11 is 0. The first-order chi connectivity index (χ1) is 7.22. The van der Waals surface area contributed by atoms with Crippen molar-refractivity contribution in [2.75, 3.05) is 0 Å². The second-order valence-corrected chi connectivity index (χ2v) is 2.58. The first-order valence-electron chi connectivity index (χ1n) is 4.23. The van der Waals surface area contributed by atoms with Crippen molar-refractivity contribution in [1.82, 2.24) is 9.97 Å². The molecule has 0 unspecified atom stereocenters. The molecule has 0 atom stereocenters. The summed E-state index contributed by atoms with van der Waals surface area (Å²) in [5.41, 5.74) is -0.736. The van der Waals surface area contributed by atoms with E-state index in [0.717, 1.165) is 0 Å². The van der Waals surface area contributed by atoms with E-state index in [1.807, 2.05) is 11.9 Å². The third-order valence-corrected chi connectivity index (χ3v) is 1.39. The van der Waals surface area contributed by atoms with Gasteiger partial charge in [-0.05, 0) is 13.0 Å². The molecule has 78 valence electrons. The molecule has 0 aliphatic heterocycles. The minimum Gasteiger partial charge on any atom is -0.306 e. The van der Waals surface area contributed by atoms with Crippen molar-refractivity contribution in [2.24, 2.45) is 10.2 Å². The first kappa shape index (κ1) is 10.8. The lowest BCUT2D eigenvalue weighted by molar-refractivity contribution is 1.03. The number of hydrogen-bond donors (Lipinski definition) is 2. The van der Waals surface area contributed by atoms with Crippen molar-refractivity contribution in [3.8, 4) is 0 Å². The van der Waals surface area contributed by atoms with Crippen LogP contribution in [-0.4, -0.2) is 22.4 Å². The highest BCUT2D eigenvalue weighted by atomic mass is 16.2. The quantitative estimate of drug-likeness (QED) is 0.540. The summed E-state index contributed by atoms with van der Waals surface area (Å²) in [7, 11) is 0. The average molecular weight is 206 g/mol. The summed E-state index contributed by atoms with van der Waals surface area (Å²) in [6, 6.07) is 1.22. The van der Waals surface area contributed by atoms with Crippen LogP contribution in [0, 0.1) is 0 Å². The van der Waals surface area contributed by atoms with Crippen molar-refractivity contribution in [1.29, 1.82) is 0 Å². The Morgan fingerprint density at radius 2 is 2.07 bits per heavy atom. The van der Waals surface area contributed by atoms with Crippen LogP contribution in [0.25, 0.3) is 0 Å². The van der Waals surface area contributed by atoms with E-state index in [9.17, 15) is 9.59 Å². The normalized spacial score (nSPS) is 12.1. The molecule has 0 spiro atoms. The van der Waals surface area contributed by atoms with Crippen LogP contribution in [-0.2, 0) is 0 Å². The highest BCUT2D eigenvalue weighted by molar-refractivity contribution is 5.77. The van der Waals surface area contributed by atoms with Crippen molar-refractivity contribution >= 4 is 12.4 Å². The lowest BCUT2D eigenvalue weighted by Crippen LogP contribution is -2.22. The Hall–Kier alpha value is -2.24. The number of rotatable bonds is 3. The van der Waals surface area contributed by atoms with Crippen molar-refractivity contribution < 1.29 is 0 Å². The Morgan fingerprint density at radius 3 is 2.73 bits per heavy atom. The van der Waals surface area contributed by atoms with Gasteiger partial charge in [-0.3, -0.25) is 9.78 Å². The van der Waals surface area contributed by atoms with E-state index in [4.69, 9.17) is 0 Å². The maximum absolute atomic E-state index is 10.9. The summed E-state index contributed by atoms with van der Waals surface area (Å²) in [5, 5.41) is 7.27. The molecular weight excluding hydrogens is 196 g/mol. The molecule has 0 radical (unpaired) electrons. The van der Waals surface area contributed by atoms with Crippen LogP contribution in [0.15, 0.2) is 38.0 Å². The lowest BCUT2D eigenvalue weighted by atomic mass is 10.4. The fourth-order valence-electron chi connectivity index (χ4n) is 0.816. The molecule has 0 fully saturated rings. The van der Waals surface area contributed by atoms with Gasteiger partial charge in [-0.1, -0.05) is 6.08 Å². The molecule has 0 aromatic carbocycles. The smallest absolute Gasteiger partial charge is 0.306 e. The van der Waals surface area contributed by atoms with Gasteiger partial charge in [-0.25, -0.2) is 4.79 Å². The molecule has 0 saturated carbocycles. The molecule has 15 heavy (non-hydrogen) atoms. The van der Waals surface area contributed by atoms with E-state index in [-0.39, 0.29) is 0 Å². The molecular formula is C9H10N4O2. The van der Waals surface area contributed by atoms with Gasteiger partial charge < -0.3 is 4.98 Å². The number of nitrogens with one attached hydrogen (secondary N) is 2. The standard InChI is InChI=1S/C9H10N4O2/c1-2-3-4-10-11-6-7-5-8(14)13-9(15)12-7/h2-6H,1H3,(H2,12,13,14,15)/b3-2+,10-4-,11-6-. The van der Waals surface area contributed by atoms with E-state index < -0.39 is 11.2 Å². The Balaban J connectivity index is 2.81. The van der Waals surface area contributed by atoms with Crippen LogP contribution >= 0.6 is 0 Å². The van der Waals surface area contributed by atoms with Crippen LogP contribution in [0.3, 0.4) is 0 Å². The van der Waals surface area contributed by atoms with Crippen molar-refractivity contribution in [2.45, 2.75) is 6.92 Å². The van der Waals surface area contributed by atoms with E-state index in [1.165, 1.54) is 18.5 Å². The van der Waals surface area contributed by atoms with Gasteiger partial charge >= 0.3 is 5.69 Å². The van der Waals surface area contributed by atoms with Gasteiger partial charge in [-0.2, -0.15) is 10.2 Å². The van der Waals surface area contributed by atoms with Crippen LogP contribution in [0.5, 0.6) is 0 Å². The summed E-state index contributed by atoms with van der Waals surface area (Å²) in [6.45, 7) is 1.85. The molecule has 1 heterocycles. The SMILES string of the molecule is C/C=C/C=N\N=C/c1cc(=O)[nH]c(=O)[nH]1. The van der Waals surface area contributed by atoms with Gasteiger partial charge in [-0.15, -0.1) is 0 Å². The van der Waals surface area contributed by atoms with Crippen molar-refractivity contribution in [3.63, 3.8) is 0 Å². The molecule has 1 aromatic rings. The first-order valence-corrected chi connectivity index (χ1v) is 4.23. The number of aromatic amines is 2. The molecule has 1 aromatic heterocycles. The number of allylic oxidation sites excluding steroid dienone is 2. The van der Waals surface area contributed by atoms with Crippen molar-refractivity contribution in [3.05, 3.63) is 44.8 Å². The zero-order valence-electron chi connectivity index (χ0n) is 8.10. The van der Waals surface area contributed by atoms with Gasteiger partial charge in [0, 0.05) is 12.3 Å². The topological polar surface area (TPSA) is 90.4 Å². The number of aromatic nitrogens is 2. The number of nitrogens with zero attached hydrogens (tertiary/aromatic N) is 2. The predicted molar refractivity (Wildman–Crippen MR) is 58.6 cm³/mol. The Morgan fingerprint density at radius 1 is 1.27 bits per heavy atom. The lowest BCUT2D eigenvalue weighted by Gasteiger charge is -1.88. The maximum Gasteiger partial charge on any atom is 0.326 e. The molecule has 6 heteroatoms. The third-order valence-electron chi connectivity index (χ3n) is 1.39. The molecule has 0 aliphatic rings. The molecule has 6 nitrogen and oxygen atoms in total. The number of hydrogen-bond acceptors (Lipinski definition) is 4.